The molecule has 0 rings (SSSR count). The first-order valence-corrected chi connectivity index (χ1v) is 4.46. The average molecular weight is 141 g/mol. The molecular formula is C10H21. The molecule has 0 bridgehead atoms. The van der Waals surface area contributed by atoms with Crippen molar-refractivity contribution < 1.29 is 0 Å². The smallest absolute Gasteiger partial charge is 0.0440 e. The van der Waals surface area contributed by atoms with Crippen LogP contribution in [0.2, 0.25) is 0 Å². The van der Waals surface area contributed by atoms with Crippen LogP contribution >= 0.6 is 0 Å². The molecule has 61 valence electrons. The third kappa shape index (κ3) is 6.12. The summed E-state index contributed by atoms with van der Waals surface area (Å²) in [6, 6.07) is 0. The van der Waals surface area contributed by atoms with Crippen LogP contribution in [0.3, 0.4) is 0 Å². The molecule has 0 aliphatic rings. The molecule has 0 aromatic rings. The van der Waals surface area contributed by atoms with Crippen molar-refractivity contribution in [2.75, 3.05) is 0 Å². The zero-order valence-electron chi connectivity index (χ0n) is 7.69. The molecule has 1 atom stereocenters. The Morgan fingerprint density at radius 2 is 1.80 bits per heavy atom. The summed E-state index contributed by atoms with van der Waals surface area (Å²) >= 11 is 0. The summed E-state index contributed by atoms with van der Waals surface area (Å²) in [4.78, 5) is 0. The quantitative estimate of drug-likeness (QED) is 0.548. The highest BCUT2D eigenvalue weighted by Gasteiger charge is 2.03. The van der Waals surface area contributed by atoms with E-state index in [0.717, 1.165) is 18.3 Å². The molecule has 0 saturated heterocycles. The molecule has 1 unspecified atom stereocenters. The van der Waals surface area contributed by atoms with Crippen LogP contribution in [-0.4, -0.2) is 0 Å². The molecule has 0 aliphatic heterocycles. The van der Waals surface area contributed by atoms with Gasteiger partial charge in [-0.3, -0.25) is 0 Å². The lowest BCUT2D eigenvalue weighted by molar-refractivity contribution is 0.407. The summed E-state index contributed by atoms with van der Waals surface area (Å²) in [7, 11) is 0. The minimum absolute atomic E-state index is 0.861. The van der Waals surface area contributed by atoms with Gasteiger partial charge in [0.1, 0.15) is 0 Å². The first-order valence-electron chi connectivity index (χ1n) is 4.46. The van der Waals surface area contributed by atoms with Gasteiger partial charge in [0.15, 0.2) is 0 Å². The predicted octanol–water partition coefficient (Wildman–Crippen LogP) is 3.67. The summed E-state index contributed by atoms with van der Waals surface area (Å²) in [5.74, 6) is 1.77. The lowest BCUT2D eigenvalue weighted by atomic mass is 9.94. The molecule has 0 heterocycles. The Labute approximate surface area is 66.0 Å². The molecule has 0 aromatic carbocycles. The van der Waals surface area contributed by atoms with Crippen molar-refractivity contribution in [2.24, 2.45) is 11.8 Å². The van der Waals surface area contributed by atoms with Crippen molar-refractivity contribution >= 4 is 0 Å². The third-order valence-electron chi connectivity index (χ3n) is 1.82. The molecular weight excluding hydrogens is 120 g/mol. The van der Waals surface area contributed by atoms with Gasteiger partial charge in [-0.05, 0) is 18.3 Å². The van der Waals surface area contributed by atoms with Crippen molar-refractivity contribution in [3.8, 4) is 0 Å². The van der Waals surface area contributed by atoms with Gasteiger partial charge in [0.2, 0.25) is 0 Å². The van der Waals surface area contributed by atoms with Crippen molar-refractivity contribution in [3.05, 3.63) is 6.92 Å². The SMILES string of the molecule is [CH2]CCCC(C)CC(C)C. The zero-order chi connectivity index (χ0) is 7.98. The van der Waals surface area contributed by atoms with Gasteiger partial charge < -0.3 is 0 Å². The number of hydrogen-bond acceptors (Lipinski definition) is 0. The molecule has 0 aromatic heterocycles. The Bertz CT molecular complexity index is 64.4. The third-order valence-corrected chi connectivity index (χ3v) is 1.82. The summed E-state index contributed by atoms with van der Waals surface area (Å²) in [5.41, 5.74) is 0. The summed E-state index contributed by atoms with van der Waals surface area (Å²) in [5, 5.41) is 0. The zero-order valence-corrected chi connectivity index (χ0v) is 7.69. The summed E-state index contributed by atoms with van der Waals surface area (Å²) < 4.78 is 0. The van der Waals surface area contributed by atoms with Gasteiger partial charge in [-0.15, -0.1) is 0 Å². The first-order chi connectivity index (χ1) is 4.66. The van der Waals surface area contributed by atoms with E-state index in [2.05, 4.69) is 27.7 Å². The Balaban J connectivity index is 3.16. The Hall–Kier alpha value is 0. The van der Waals surface area contributed by atoms with Gasteiger partial charge >= 0.3 is 0 Å². The molecule has 10 heavy (non-hydrogen) atoms. The van der Waals surface area contributed by atoms with E-state index in [1.807, 2.05) is 0 Å². The van der Waals surface area contributed by atoms with Gasteiger partial charge in [-0.25, -0.2) is 0 Å². The Kier molecular flexibility index (Phi) is 5.76. The molecule has 1 radical (unpaired) electrons. The van der Waals surface area contributed by atoms with E-state index >= 15 is 0 Å². The standard InChI is InChI=1S/C10H21/c1-5-6-7-10(4)8-9(2)3/h9-10H,1,5-8H2,2-4H3. The first kappa shape index (κ1) is 10.0. The monoisotopic (exact) mass is 141 g/mol. The molecule has 0 saturated carbocycles. The van der Waals surface area contributed by atoms with Crippen molar-refractivity contribution in [1.82, 2.24) is 0 Å². The van der Waals surface area contributed by atoms with Crippen LogP contribution in [0.15, 0.2) is 0 Å². The Morgan fingerprint density at radius 1 is 1.20 bits per heavy atom. The fourth-order valence-corrected chi connectivity index (χ4v) is 1.42. The van der Waals surface area contributed by atoms with Gasteiger partial charge in [-0.1, -0.05) is 47.0 Å². The fourth-order valence-electron chi connectivity index (χ4n) is 1.42. The van der Waals surface area contributed by atoms with Crippen LogP contribution in [0, 0.1) is 18.8 Å². The van der Waals surface area contributed by atoms with E-state index in [1.54, 1.807) is 0 Å². The van der Waals surface area contributed by atoms with Gasteiger partial charge in [-0.2, -0.15) is 0 Å². The molecule has 0 N–H and O–H groups in total. The lowest BCUT2D eigenvalue weighted by Gasteiger charge is -2.12. The predicted molar refractivity (Wildman–Crippen MR) is 47.8 cm³/mol. The highest BCUT2D eigenvalue weighted by atomic mass is 14.1. The van der Waals surface area contributed by atoms with Gasteiger partial charge in [0, 0.05) is 0 Å². The maximum absolute atomic E-state index is 3.84. The molecule has 0 aliphatic carbocycles. The van der Waals surface area contributed by atoms with Crippen molar-refractivity contribution in [1.29, 1.82) is 0 Å². The van der Waals surface area contributed by atoms with E-state index in [9.17, 15) is 0 Å². The number of rotatable bonds is 5. The van der Waals surface area contributed by atoms with Crippen molar-refractivity contribution in [3.63, 3.8) is 0 Å². The molecule has 0 heteroatoms. The van der Waals surface area contributed by atoms with Crippen LogP contribution in [0.5, 0.6) is 0 Å². The minimum Gasteiger partial charge on any atom is -0.0628 e. The second-order valence-corrected chi connectivity index (χ2v) is 3.73. The van der Waals surface area contributed by atoms with E-state index in [1.165, 1.54) is 19.3 Å². The highest BCUT2D eigenvalue weighted by Crippen LogP contribution is 2.16. The van der Waals surface area contributed by atoms with Crippen LogP contribution in [0.1, 0.15) is 46.5 Å². The fraction of sp³-hybridized carbons (Fsp3) is 0.900. The van der Waals surface area contributed by atoms with Gasteiger partial charge in [0.05, 0.1) is 0 Å². The topological polar surface area (TPSA) is 0 Å². The number of hydrogen-bond donors (Lipinski definition) is 0. The maximum Gasteiger partial charge on any atom is -0.0440 e. The minimum atomic E-state index is 0.861. The largest absolute Gasteiger partial charge is 0.0628 e. The van der Waals surface area contributed by atoms with E-state index < -0.39 is 0 Å². The second kappa shape index (κ2) is 5.76. The van der Waals surface area contributed by atoms with Crippen LogP contribution in [0.25, 0.3) is 0 Å². The Morgan fingerprint density at radius 3 is 2.20 bits per heavy atom. The second-order valence-electron chi connectivity index (χ2n) is 3.73. The van der Waals surface area contributed by atoms with E-state index in [-0.39, 0.29) is 0 Å². The molecule has 0 nitrogen and oxygen atoms in total. The van der Waals surface area contributed by atoms with E-state index in [0.29, 0.717) is 0 Å². The average Bonchev–Trinajstić information content (AvgIpc) is 1.82. The van der Waals surface area contributed by atoms with E-state index in [4.69, 9.17) is 0 Å². The van der Waals surface area contributed by atoms with Gasteiger partial charge in [0.25, 0.3) is 0 Å². The van der Waals surface area contributed by atoms with Crippen LogP contribution in [0.4, 0.5) is 0 Å². The summed E-state index contributed by atoms with van der Waals surface area (Å²) in [6.45, 7) is 10.8. The molecule has 0 fully saturated rings. The maximum atomic E-state index is 3.84. The molecule has 0 amide bonds. The highest BCUT2D eigenvalue weighted by molar-refractivity contribution is 4.56. The normalized spacial score (nSPS) is 14.1. The van der Waals surface area contributed by atoms with Crippen molar-refractivity contribution in [2.45, 2.75) is 46.5 Å². The summed E-state index contributed by atoms with van der Waals surface area (Å²) in [6.07, 6.45) is 5.14. The number of unbranched alkanes of at least 4 members (excludes halogenated alkanes) is 1. The van der Waals surface area contributed by atoms with Crippen LogP contribution in [-0.2, 0) is 0 Å². The molecule has 0 spiro atoms. The van der Waals surface area contributed by atoms with Crippen LogP contribution < -0.4 is 0 Å². The lowest BCUT2D eigenvalue weighted by Crippen LogP contribution is -1.99.